The van der Waals surface area contributed by atoms with E-state index in [2.05, 4.69) is 5.32 Å². The number of halogens is 3. The summed E-state index contributed by atoms with van der Waals surface area (Å²) in [6, 6.07) is 9.34. The van der Waals surface area contributed by atoms with Crippen LogP contribution in [0.5, 0.6) is 5.75 Å². The Kier molecular flexibility index (Phi) is 5.15. The van der Waals surface area contributed by atoms with Gasteiger partial charge in [0.1, 0.15) is 5.82 Å². The molecule has 0 bridgehead atoms. The van der Waals surface area contributed by atoms with E-state index in [1.807, 2.05) is 6.92 Å². The van der Waals surface area contributed by atoms with Gasteiger partial charge in [0, 0.05) is 12.6 Å². The molecule has 0 spiro atoms. The van der Waals surface area contributed by atoms with Gasteiger partial charge in [-0.05, 0) is 42.3 Å². The first-order valence-corrected chi connectivity index (χ1v) is 6.90. The van der Waals surface area contributed by atoms with E-state index in [-0.39, 0.29) is 16.8 Å². The molecule has 2 rings (SSSR count). The normalized spacial score (nSPS) is 12.2. The van der Waals surface area contributed by atoms with E-state index in [9.17, 15) is 8.78 Å². The first-order valence-electron chi connectivity index (χ1n) is 6.52. The largest absolute Gasteiger partial charge is 0.494 e. The van der Waals surface area contributed by atoms with Crippen LogP contribution in [0.4, 0.5) is 8.78 Å². The van der Waals surface area contributed by atoms with E-state index in [1.54, 1.807) is 24.3 Å². The van der Waals surface area contributed by atoms with Gasteiger partial charge < -0.3 is 10.1 Å². The summed E-state index contributed by atoms with van der Waals surface area (Å²) >= 11 is 5.73. The Bertz CT molecular complexity index is 634. The lowest BCUT2D eigenvalue weighted by Gasteiger charge is -2.15. The highest BCUT2D eigenvalue weighted by molar-refractivity contribution is 6.30. The molecule has 2 aromatic rings. The van der Waals surface area contributed by atoms with Crippen molar-refractivity contribution in [3.05, 3.63) is 64.2 Å². The zero-order chi connectivity index (χ0) is 15.4. The Morgan fingerprint density at radius 2 is 1.90 bits per heavy atom. The predicted octanol–water partition coefficient (Wildman–Crippen LogP) is 4.48. The van der Waals surface area contributed by atoms with E-state index in [0.29, 0.717) is 6.54 Å². The molecule has 2 nitrogen and oxygen atoms in total. The van der Waals surface area contributed by atoms with Crippen LogP contribution in [0.15, 0.2) is 36.4 Å². The highest BCUT2D eigenvalue weighted by Crippen LogP contribution is 2.22. The van der Waals surface area contributed by atoms with Crippen LogP contribution in [-0.2, 0) is 6.54 Å². The molecule has 0 heterocycles. The molecule has 1 atom stereocenters. The van der Waals surface area contributed by atoms with Crippen LogP contribution >= 0.6 is 11.6 Å². The van der Waals surface area contributed by atoms with Crippen molar-refractivity contribution in [1.82, 2.24) is 5.32 Å². The molecule has 0 saturated heterocycles. The number of hydrogen-bond donors (Lipinski definition) is 1. The Balaban J connectivity index is 2.02. The summed E-state index contributed by atoms with van der Waals surface area (Å²) in [7, 11) is 1.43. The smallest absolute Gasteiger partial charge is 0.165 e. The Labute approximate surface area is 127 Å². The van der Waals surface area contributed by atoms with Crippen LogP contribution in [0, 0.1) is 11.6 Å². The van der Waals surface area contributed by atoms with Gasteiger partial charge in [0.05, 0.1) is 12.1 Å². The third kappa shape index (κ3) is 3.93. The zero-order valence-corrected chi connectivity index (χ0v) is 12.5. The van der Waals surface area contributed by atoms with Gasteiger partial charge in [0.15, 0.2) is 11.6 Å². The SMILES string of the molecule is COc1ccc(C(C)NCc2ccc(F)c(Cl)c2)cc1F. The lowest BCUT2D eigenvalue weighted by atomic mass is 10.1. The van der Waals surface area contributed by atoms with Crippen molar-refractivity contribution in [1.29, 1.82) is 0 Å². The third-order valence-corrected chi connectivity index (χ3v) is 3.56. The summed E-state index contributed by atoms with van der Waals surface area (Å²) in [5, 5.41) is 3.33. The fourth-order valence-electron chi connectivity index (χ4n) is 1.99. The lowest BCUT2D eigenvalue weighted by Crippen LogP contribution is -2.18. The summed E-state index contributed by atoms with van der Waals surface area (Å²) < 4.78 is 31.6. The van der Waals surface area contributed by atoms with Crippen molar-refractivity contribution in [2.24, 2.45) is 0 Å². The number of ether oxygens (including phenoxy) is 1. The summed E-state index contributed by atoms with van der Waals surface area (Å²) in [6.45, 7) is 2.43. The fraction of sp³-hybridized carbons (Fsp3) is 0.250. The van der Waals surface area contributed by atoms with Crippen LogP contribution in [0.25, 0.3) is 0 Å². The minimum absolute atomic E-state index is 0.0609. The summed E-state index contributed by atoms with van der Waals surface area (Å²) in [5.74, 6) is -0.615. The van der Waals surface area contributed by atoms with Gasteiger partial charge in [0.2, 0.25) is 0 Å². The van der Waals surface area contributed by atoms with Crippen LogP contribution in [0.3, 0.4) is 0 Å². The second kappa shape index (κ2) is 6.87. The van der Waals surface area contributed by atoms with E-state index >= 15 is 0 Å². The van der Waals surface area contributed by atoms with Crippen LogP contribution in [0.1, 0.15) is 24.1 Å². The average Bonchev–Trinajstić information content (AvgIpc) is 2.48. The highest BCUT2D eigenvalue weighted by Gasteiger charge is 2.10. The third-order valence-electron chi connectivity index (χ3n) is 3.27. The molecular formula is C16H16ClF2NO. The van der Waals surface area contributed by atoms with Gasteiger partial charge in [-0.3, -0.25) is 0 Å². The van der Waals surface area contributed by atoms with Gasteiger partial charge in [-0.15, -0.1) is 0 Å². The molecule has 0 radical (unpaired) electrons. The number of nitrogens with one attached hydrogen (secondary N) is 1. The average molecular weight is 312 g/mol. The molecule has 0 saturated carbocycles. The van der Waals surface area contributed by atoms with Crippen molar-refractivity contribution in [3.63, 3.8) is 0 Å². The number of methoxy groups -OCH3 is 1. The standard InChI is InChI=1S/C16H16ClF2NO/c1-10(12-4-6-16(21-2)15(19)8-12)20-9-11-3-5-14(18)13(17)7-11/h3-8,10,20H,9H2,1-2H3. The van der Waals surface area contributed by atoms with Crippen LogP contribution in [0.2, 0.25) is 5.02 Å². The van der Waals surface area contributed by atoms with Gasteiger partial charge >= 0.3 is 0 Å². The zero-order valence-electron chi connectivity index (χ0n) is 11.8. The van der Waals surface area contributed by atoms with Gasteiger partial charge in [-0.1, -0.05) is 23.7 Å². The molecule has 112 valence electrons. The Morgan fingerprint density at radius 1 is 1.14 bits per heavy atom. The molecule has 2 aromatic carbocycles. The summed E-state index contributed by atoms with van der Waals surface area (Å²) in [4.78, 5) is 0. The van der Waals surface area contributed by atoms with Gasteiger partial charge in [0.25, 0.3) is 0 Å². The predicted molar refractivity (Wildman–Crippen MR) is 79.6 cm³/mol. The van der Waals surface area contributed by atoms with E-state index in [1.165, 1.54) is 19.2 Å². The minimum atomic E-state index is -0.439. The maximum Gasteiger partial charge on any atom is 0.165 e. The maximum atomic E-state index is 13.7. The first-order chi connectivity index (χ1) is 10.0. The molecule has 21 heavy (non-hydrogen) atoms. The Hall–Kier alpha value is -1.65. The van der Waals surface area contributed by atoms with Crippen molar-refractivity contribution in [2.45, 2.75) is 19.5 Å². The van der Waals surface area contributed by atoms with E-state index < -0.39 is 11.6 Å². The second-order valence-corrected chi connectivity index (χ2v) is 5.15. The van der Waals surface area contributed by atoms with Crippen molar-refractivity contribution in [2.75, 3.05) is 7.11 Å². The molecule has 0 aromatic heterocycles. The fourth-order valence-corrected chi connectivity index (χ4v) is 2.19. The minimum Gasteiger partial charge on any atom is -0.494 e. The first kappa shape index (κ1) is 15.7. The lowest BCUT2D eigenvalue weighted by molar-refractivity contribution is 0.385. The van der Waals surface area contributed by atoms with Crippen LogP contribution in [-0.4, -0.2) is 7.11 Å². The number of benzene rings is 2. The molecule has 0 fully saturated rings. The molecule has 1 N–H and O–H groups in total. The monoisotopic (exact) mass is 311 g/mol. The molecule has 5 heteroatoms. The topological polar surface area (TPSA) is 21.3 Å². The van der Waals surface area contributed by atoms with E-state index in [0.717, 1.165) is 11.1 Å². The molecule has 0 aliphatic rings. The number of hydrogen-bond acceptors (Lipinski definition) is 2. The highest BCUT2D eigenvalue weighted by atomic mass is 35.5. The van der Waals surface area contributed by atoms with Crippen molar-refractivity contribution >= 4 is 11.6 Å². The second-order valence-electron chi connectivity index (χ2n) is 4.75. The number of rotatable bonds is 5. The molecule has 0 amide bonds. The van der Waals surface area contributed by atoms with Crippen molar-refractivity contribution < 1.29 is 13.5 Å². The quantitative estimate of drug-likeness (QED) is 0.879. The molecule has 0 aliphatic carbocycles. The van der Waals surface area contributed by atoms with E-state index in [4.69, 9.17) is 16.3 Å². The molecule has 0 aliphatic heterocycles. The van der Waals surface area contributed by atoms with Crippen molar-refractivity contribution in [3.8, 4) is 5.75 Å². The Morgan fingerprint density at radius 3 is 2.52 bits per heavy atom. The van der Waals surface area contributed by atoms with Crippen LogP contribution < -0.4 is 10.1 Å². The summed E-state index contributed by atoms with van der Waals surface area (Å²) in [5.41, 5.74) is 1.67. The maximum absolute atomic E-state index is 13.7. The molecular weight excluding hydrogens is 296 g/mol. The van der Waals surface area contributed by atoms with Gasteiger partial charge in [-0.2, -0.15) is 0 Å². The molecule has 1 unspecified atom stereocenters. The summed E-state index contributed by atoms with van der Waals surface area (Å²) in [6.07, 6.45) is 0. The van der Waals surface area contributed by atoms with Gasteiger partial charge in [-0.25, -0.2) is 8.78 Å².